The van der Waals surface area contributed by atoms with Crippen molar-refractivity contribution in [3.8, 4) is 0 Å². The number of aliphatic carboxylic acids is 1. The van der Waals surface area contributed by atoms with Gasteiger partial charge in [-0.25, -0.2) is 0 Å². The Bertz CT molecular complexity index is 258. The lowest BCUT2D eigenvalue weighted by molar-refractivity contribution is -0.143. The van der Waals surface area contributed by atoms with Gasteiger partial charge in [-0.2, -0.15) is 0 Å². The number of hydrogen-bond acceptors (Lipinski definition) is 3. The van der Waals surface area contributed by atoms with E-state index in [1.54, 1.807) is 0 Å². The van der Waals surface area contributed by atoms with Gasteiger partial charge in [0.1, 0.15) is 0 Å². The fourth-order valence-electron chi connectivity index (χ4n) is 1.99. The molecule has 0 amide bonds. The summed E-state index contributed by atoms with van der Waals surface area (Å²) in [6.07, 6.45) is 2.81. The minimum atomic E-state index is -0.779. The second kappa shape index (κ2) is 6.89. The van der Waals surface area contributed by atoms with E-state index in [1.165, 1.54) is 5.54 Å². The highest BCUT2D eigenvalue weighted by Crippen LogP contribution is 2.20. The summed E-state index contributed by atoms with van der Waals surface area (Å²) in [4.78, 5) is 13.2. The van der Waals surface area contributed by atoms with Crippen molar-refractivity contribution in [1.29, 1.82) is 0 Å². The lowest BCUT2D eigenvalue weighted by atomic mass is 10.0. The lowest BCUT2D eigenvalue weighted by Gasteiger charge is -2.28. The highest BCUT2D eigenvalue weighted by Gasteiger charge is 2.37. The van der Waals surface area contributed by atoms with E-state index in [1.807, 2.05) is 6.08 Å². The molecule has 1 aliphatic heterocycles. The van der Waals surface area contributed by atoms with Crippen molar-refractivity contribution in [2.45, 2.75) is 19.4 Å². The fraction of sp³-hybridized carbons (Fsp3) is 0.727. The molecule has 0 aromatic carbocycles. The molecule has 1 saturated heterocycles. The molecule has 2 atom stereocenters. The zero-order chi connectivity index (χ0) is 12.0. The Balaban J connectivity index is 2.64. The Morgan fingerprint density at radius 1 is 1.62 bits per heavy atom. The van der Waals surface area contributed by atoms with Gasteiger partial charge in [0.2, 0.25) is 0 Å². The highest BCUT2D eigenvalue weighted by molar-refractivity contribution is 6.25. The topological polar surface area (TPSA) is 49.8 Å². The minimum absolute atomic E-state index is 0.0367. The zero-order valence-corrected chi connectivity index (χ0v) is 10.2. The van der Waals surface area contributed by atoms with Crippen LogP contribution >= 0.6 is 11.6 Å². The predicted octanol–water partition coefficient (Wildman–Crippen LogP) is 1.55. The quantitative estimate of drug-likeness (QED) is 0.774. The molecule has 4 nitrogen and oxygen atoms in total. The second-order valence-corrected chi connectivity index (χ2v) is 4.16. The van der Waals surface area contributed by atoms with E-state index in [-0.39, 0.29) is 6.04 Å². The van der Waals surface area contributed by atoms with E-state index in [2.05, 4.69) is 11.8 Å². The number of hydrogen-bond donors (Lipinski definition) is 1. The maximum absolute atomic E-state index is 11.0. The van der Waals surface area contributed by atoms with Gasteiger partial charge in [-0.3, -0.25) is 9.69 Å². The van der Waals surface area contributed by atoms with Gasteiger partial charge in [0.25, 0.3) is 0 Å². The van der Waals surface area contributed by atoms with Crippen molar-refractivity contribution in [3.05, 3.63) is 11.6 Å². The Kier molecular flexibility index (Phi) is 5.80. The molecule has 0 aliphatic carbocycles. The molecule has 1 aliphatic rings. The molecule has 1 fully saturated rings. The van der Waals surface area contributed by atoms with Gasteiger partial charge in [-0.05, 0) is 13.0 Å². The van der Waals surface area contributed by atoms with Gasteiger partial charge < -0.3 is 9.84 Å². The van der Waals surface area contributed by atoms with Crippen LogP contribution in [0.25, 0.3) is 0 Å². The monoisotopic (exact) mass is 247 g/mol. The molecular formula is C11H18ClNO3. The number of carbonyl (C=O) groups is 1. The van der Waals surface area contributed by atoms with Gasteiger partial charge >= 0.3 is 5.97 Å². The summed E-state index contributed by atoms with van der Waals surface area (Å²) in [5.74, 6) is -1.20. The predicted molar refractivity (Wildman–Crippen MR) is 62.6 cm³/mol. The van der Waals surface area contributed by atoms with Crippen LogP contribution in [0, 0.1) is 5.92 Å². The molecule has 0 spiro atoms. The smallest absolute Gasteiger partial charge is 0.310 e. The summed E-state index contributed by atoms with van der Waals surface area (Å²) in [5, 5.41) is 9.08. The van der Waals surface area contributed by atoms with Gasteiger partial charge in [0, 0.05) is 18.1 Å². The van der Waals surface area contributed by atoms with Crippen LogP contribution < -0.4 is 0 Å². The molecule has 5 heteroatoms. The van der Waals surface area contributed by atoms with Gasteiger partial charge in [-0.1, -0.05) is 24.6 Å². The van der Waals surface area contributed by atoms with Crippen molar-refractivity contribution in [2.75, 3.05) is 26.3 Å². The SMILES string of the molecule is CCCN(CC=CCl)C1COCC1C(=O)O. The van der Waals surface area contributed by atoms with E-state index < -0.39 is 11.9 Å². The molecule has 0 radical (unpaired) electrons. The highest BCUT2D eigenvalue weighted by atomic mass is 35.5. The summed E-state index contributed by atoms with van der Waals surface area (Å²) in [6, 6.07) is -0.0367. The summed E-state index contributed by atoms with van der Waals surface area (Å²) < 4.78 is 5.26. The van der Waals surface area contributed by atoms with Crippen LogP contribution in [0.2, 0.25) is 0 Å². The first-order chi connectivity index (χ1) is 7.70. The van der Waals surface area contributed by atoms with Crippen LogP contribution in [0.1, 0.15) is 13.3 Å². The molecular weight excluding hydrogens is 230 g/mol. The van der Waals surface area contributed by atoms with Crippen molar-refractivity contribution in [2.24, 2.45) is 5.92 Å². The van der Waals surface area contributed by atoms with Crippen molar-refractivity contribution in [1.82, 2.24) is 4.90 Å². The second-order valence-electron chi connectivity index (χ2n) is 3.91. The molecule has 0 aromatic rings. The number of nitrogens with zero attached hydrogens (tertiary/aromatic N) is 1. The van der Waals surface area contributed by atoms with Gasteiger partial charge in [0.15, 0.2) is 0 Å². The van der Waals surface area contributed by atoms with Crippen molar-refractivity contribution in [3.63, 3.8) is 0 Å². The van der Waals surface area contributed by atoms with Crippen molar-refractivity contribution >= 4 is 17.6 Å². The largest absolute Gasteiger partial charge is 0.481 e. The molecule has 16 heavy (non-hydrogen) atoms. The first kappa shape index (κ1) is 13.5. The summed E-state index contributed by atoms with van der Waals surface area (Å²) >= 11 is 5.50. The maximum atomic E-state index is 11.0. The average Bonchev–Trinajstić information content (AvgIpc) is 2.73. The van der Waals surface area contributed by atoms with Crippen LogP contribution in [0.3, 0.4) is 0 Å². The molecule has 0 aromatic heterocycles. The van der Waals surface area contributed by atoms with Crippen LogP contribution in [0.5, 0.6) is 0 Å². The van der Waals surface area contributed by atoms with Gasteiger partial charge in [-0.15, -0.1) is 0 Å². The maximum Gasteiger partial charge on any atom is 0.310 e. The third kappa shape index (κ3) is 3.47. The Labute approximate surface area is 101 Å². The van der Waals surface area contributed by atoms with Crippen LogP contribution in [-0.4, -0.2) is 48.3 Å². The van der Waals surface area contributed by atoms with Crippen molar-refractivity contribution < 1.29 is 14.6 Å². The van der Waals surface area contributed by atoms with Crippen LogP contribution in [0.15, 0.2) is 11.6 Å². The number of carboxylic acid groups (broad SMARTS) is 1. The normalized spacial score (nSPS) is 25.7. The lowest BCUT2D eigenvalue weighted by Crippen LogP contribution is -2.43. The number of rotatable bonds is 6. The molecule has 0 bridgehead atoms. The van der Waals surface area contributed by atoms with E-state index in [4.69, 9.17) is 21.4 Å². The molecule has 1 N–H and O–H groups in total. The van der Waals surface area contributed by atoms with Crippen LogP contribution in [-0.2, 0) is 9.53 Å². The van der Waals surface area contributed by atoms with E-state index >= 15 is 0 Å². The number of halogens is 1. The van der Waals surface area contributed by atoms with E-state index in [0.29, 0.717) is 19.8 Å². The Morgan fingerprint density at radius 3 is 2.94 bits per heavy atom. The third-order valence-corrected chi connectivity index (χ3v) is 2.95. The fourth-order valence-corrected chi connectivity index (χ4v) is 2.07. The third-order valence-electron chi connectivity index (χ3n) is 2.78. The minimum Gasteiger partial charge on any atom is -0.481 e. The van der Waals surface area contributed by atoms with E-state index in [0.717, 1.165) is 13.0 Å². The van der Waals surface area contributed by atoms with E-state index in [9.17, 15) is 4.79 Å². The molecule has 1 heterocycles. The summed E-state index contributed by atoms with van der Waals surface area (Å²) in [6.45, 7) is 4.41. The molecule has 2 unspecified atom stereocenters. The van der Waals surface area contributed by atoms with Gasteiger partial charge in [0.05, 0.1) is 19.1 Å². The first-order valence-electron chi connectivity index (χ1n) is 5.50. The summed E-state index contributed by atoms with van der Waals surface area (Å²) in [5.41, 5.74) is 1.47. The standard InChI is InChI=1S/C11H18ClNO3/c1-2-5-13(6-3-4-12)10-8-16-7-9(10)11(14)15/h3-4,9-10H,2,5-8H2,1H3,(H,14,15). The average molecular weight is 248 g/mol. The summed E-state index contributed by atoms with van der Waals surface area (Å²) in [7, 11) is 0. The molecule has 1 rings (SSSR count). The number of carboxylic acids is 1. The Hall–Kier alpha value is -0.580. The van der Waals surface area contributed by atoms with Crippen LogP contribution in [0.4, 0.5) is 0 Å². The number of ether oxygens (including phenoxy) is 1. The molecule has 92 valence electrons. The first-order valence-corrected chi connectivity index (χ1v) is 5.94. The molecule has 0 saturated carbocycles. The Morgan fingerprint density at radius 2 is 2.38 bits per heavy atom. The zero-order valence-electron chi connectivity index (χ0n) is 9.43.